The summed E-state index contributed by atoms with van der Waals surface area (Å²) in [4.78, 5) is 35.6. The molecule has 4 heterocycles. The molecule has 8 heteroatoms. The number of amides is 2. The van der Waals surface area contributed by atoms with Crippen molar-refractivity contribution in [2.24, 2.45) is 0 Å². The van der Waals surface area contributed by atoms with E-state index in [4.69, 9.17) is 4.98 Å². The first-order valence-corrected chi connectivity index (χ1v) is 11.7. The number of hydrogen-bond donors (Lipinski definition) is 2. The number of pyridine rings is 2. The van der Waals surface area contributed by atoms with Crippen LogP contribution in [0.2, 0.25) is 0 Å². The maximum Gasteiger partial charge on any atom is 0.242 e. The minimum atomic E-state index is -0.366. The van der Waals surface area contributed by atoms with Crippen LogP contribution >= 0.6 is 0 Å². The molecular weight excluding hydrogens is 452 g/mol. The van der Waals surface area contributed by atoms with E-state index in [1.54, 1.807) is 32.0 Å². The van der Waals surface area contributed by atoms with Gasteiger partial charge < -0.3 is 15.5 Å². The number of hydrogen-bond acceptors (Lipinski definition) is 5. The number of aryl methyl sites for hydroxylation is 1. The summed E-state index contributed by atoms with van der Waals surface area (Å²) in [6.45, 7) is 3.74. The molecule has 8 nitrogen and oxygen atoms in total. The number of aromatic nitrogens is 3. The Morgan fingerprint density at radius 2 is 1.94 bits per heavy atom. The van der Waals surface area contributed by atoms with Crippen LogP contribution in [0.1, 0.15) is 29.4 Å². The van der Waals surface area contributed by atoms with Crippen molar-refractivity contribution in [3.05, 3.63) is 77.2 Å². The van der Waals surface area contributed by atoms with Gasteiger partial charge in [-0.1, -0.05) is 12.0 Å². The Labute approximate surface area is 209 Å². The Morgan fingerprint density at radius 1 is 1.11 bits per heavy atom. The number of imidazole rings is 1. The fourth-order valence-corrected chi connectivity index (χ4v) is 4.30. The zero-order valence-corrected chi connectivity index (χ0v) is 20.6. The lowest BCUT2D eigenvalue weighted by Crippen LogP contribution is -2.35. The minimum absolute atomic E-state index is 0.0707. The van der Waals surface area contributed by atoms with Crippen LogP contribution in [0.25, 0.3) is 16.9 Å². The highest BCUT2D eigenvalue weighted by molar-refractivity contribution is 6.01. The fraction of sp³-hybridized carbons (Fsp3) is 0.214. The summed E-state index contributed by atoms with van der Waals surface area (Å²) in [5, 5.41) is 5.78. The van der Waals surface area contributed by atoms with Gasteiger partial charge in [-0.05, 0) is 74.8 Å². The number of fused-ring (bicyclic) bond motifs is 2. The number of rotatable bonds is 4. The molecule has 0 radical (unpaired) electrons. The van der Waals surface area contributed by atoms with E-state index in [9.17, 15) is 9.59 Å². The lowest BCUT2D eigenvalue weighted by Gasteiger charge is -2.12. The van der Waals surface area contributed by atoms with Crippen LogP contribution in [-0.2, 0) is 16.0 Å². The van der Waals surface area contributed by atoms with Crippen LogP contribution in [0.15, 0.2) is 54.7 Å². The number of carbonyl (C=O) groups excluding carboxylic acids is 2. The average molecular weight is 479 g/mol. The fourth-order valence-electron chi connectivity index (χ4n) is 4.30. The van der Waals surface area contributed by atoms with E-state index in [2.05, 4.69) is 27.5 Å². The quantitative estimate of drug-likeness (QED) is 0.440. The van der Waals surface area contributed by atoms with Gasteiger partial charge >= 0.3 is 0 Å². The normalized spacial score (nSPS) is 13.3. The smallest absolute Gasteiger partial charge is 0.242 e. The molecule has 5 rings (SSSR count). The maximum atomic E-state index is 12.4. The molecule has 0 saturated carbocycles. The first-order chi connectivity index (χ1) is 17.4. The van der Waals surface area contributed by atoms with E-state index >= 15 is 0 Å². The van der Waals surface area contributed by atoms with Crippen LogP contribution in [0, 0.1) is 18.8 Å². The van der Waals surface area contributed by atoms with Crippen molar-refractivity contribution in [2.75, 3.05) is 24.3 Å². The summed E-state index contributed by atoms with van der Waals surface area (Å²) >= 11 is 0. The summed E-state index contributed by atoms with van der Waals surface area (Å²) in [5.41, 5.74) is 6.57. The number of anilines is 2. The van der Waals surface area contributed by atoms with Crippen LogP contribution in [0.4, 0.5) is 11.5 Å². The SMILES string of the molecule is CNC(C)C(=O)Nc1ccc(-c2c(C)nc3ccccn23)c(C#Cc2ccc3c(c2)CC(=O)N3C)n1. The van der Waals surface area contributed by atoms with Gasteiger partial charge in [-0.2, -0.15) is 0 Å². The molecule has 36 heavy (non-hydrogen) atoms. The highest BCUT2D eigenvalue weighted by atomic mass is 16.2. The van der Waals surface area contributed by atoms with Gasteiger partial charge in [-0.3, -0.25) is 14.0 Å². The zero-order chi connectivity index (χ0) is 25.4. The molecular formula is C28H26N6O2. The predicted molar refractivity (Wildman–Crippen MR) is 140 cm³/mol. The van der Waals surface area contributed by atoms with E-state index in [0.29, 0.717) is 17.9 Å². The Balaban J connectivity index is 1.60. The molecule has 0 saturated heterocycles. The summed E-state index contributed by atoms with van der Waals surface area (Å²) in [6.07, 6.45) is 2.33. The minimum Gasteiger partial charge on any atom is -0.315 e. The van der Waals surface area contributed by atoms with Crippen LogP contribution in [-0.4, -0.2) is 46.3 Å². The first kappa shape index (κ1) is 23.3. The van der Waals surface area contributed by atoms with Crippen molar-refractivity contribution >= 4 is 29.0 Å². The van der Waals surface area contributed by atoms with Gasteiger partial charge in [0.1, 0.15) is 17.2 Å². The van der Waals surface area contributed by atoms with Gasteiger partial charge in [0.15, 0.2) is 0 Å². The Morgan fingerprint density at radius 3 is 2.75 bits per heavy atom. The highest BCUT2D eigenvalue weighted by Crippen LogP contribution is 2.30. The summed E-state index contributed by atoms with van der Waals surface area (Å²) < 4.78 is 2.01. The zero-order valence-electron chi connectivity index (χ0n) is 20.6. The third-order valence-corrected chi connectivity index (χ3v) is 6.41. The highest BCUT2D eigenvalue weighted by Gasteiger charge is 2.23. The molecule has 2 amide bonds. The molecule has 1 aliphatic heterocycles. The second-order valence-corrected chi connectivity index (χ2v) is 8.79. The Hall–Kier alpha value is -4.48. The van der Waals surface area contributed by atoms with Crippen LogP contribution < -0.4 is 15.5 Å². The lowest BCUT2D eigenvalue weighted by molar-refractivity contribution is -0.118. The monoisotopic (exact) mass is 478 g/mol. The number of nitrogens with zero attached hydrogens (tertiary/aromatic N) is 4. The van der Waals surface area contributed by atoms with Gasteiger partial charge in [-0.15, -0.1) is 0 Å². The molecule has 2 N–H and O–H groups in total. The third kappa shape index (κ3) is 4.21. The van der Waals surface area contributed by atoms with Gasteiger partial charge in [-0.25, -0.2) is 9.97 Å². The molecule has 3 aromatic heterocycles. The average Bonchev–Trinajstić information content (AvgIpc) is 3.36. The molecule has 4 aromatic rings. The van der Waals surface area contributed by atoms with Gasteiger partial charge in [0.2, 0.25) is 11.8 Å². The first-order valence-electron chi connectivity index (χ1n) is 11.7. The topological polar surface area (TPSA) is 91.6 Å². The van der Waals surface area contributed by atoms with Crippen molar-refractivity contribution in [3.63, 3.8) is 0 Å². The Bertz CT molecular complexity index is 1580. The molecule has 180 valence electrons. The van der Waals surface area contributed by atoms with E-state index in [1.807, 2.05) is 60.0 Å². The summed E-state index contributed by atoms with van der Waals surface area (Å²) in [7, 11) is 3.51. The lowest BCUT2D eigenvalue weighted by atomic mass is 10.1. The van der Waals surface area contributed by atoms with Gasteiger partial charge in [0.25, 0.3) is 0 Å². The van der Waals surface area contributed by atoms with Crippen LogP contribution in [0.5, 0.6) is 0 Å². The van der Waals surface area contributed by atoms with Crippen molar-refractivity contribution in [2.45, 2.75) is 26.3 Å². The van der Waals surface area contributed by atoms with Crippen LogP contribution in [0.3, 0.4) is 0 Å². The molecule has 1 atom stereocenters. The second-order valence-electron chi connectivity index (χ2n) is 8.79. The van der Waals surface area contributed by atoms with Crippen molar-refractivity contribution in [3.8, 4) is 23.1 Å². The second kappa shape index (κ2) is 9.29. The number of carbonyl (C=O) groups is 2. The summed E-state index contributed by atoms with van der Waals surface area (Å²) in [5.74, 6) is 6.73. The van der Waals surface area contributed by atoms with Gasteiger partial charge in [0.05, 0.1) is 23.9 Å². The molecule has 0 fully saturated rings. The van der Waals surface area contributed by atoms with Crippen molar-refractivity contribution < 1.29 is 9.59 Å². The predicted octanol–water partition coefficient (Wildman–Crippen LogP) is 3.17. The van der Waals surface area contributed by atoms with E-state index in [1.165, 1.54) is 0 Å². The van der Waals surface area contributed by atoms with Gasteiger partial charge in [0, 0.05) is 30.1 Å². The van der Waals surface area contributed by atoms with E-state index in [0.717, 1.165) is 39.4 Å². The largest absolute Gasteiger partial charge is 0.315 e. The molecule has 1 aromatic carbocycles. The van der Waals surface area contributed by atoms with Crippen molar-refractivity contribution in [1.82, 2.24) is 19.7 Å². The van der Waals surface area contributed by atoms with E-state index < -0.39 is 0 Å². The standard InChI is InChI=1S/C28H26N6O2/c1-17-27(34-14-6-5-7-25(34)30-17)21-10-13-24(32-28(36)18(2)29-3)31-22(21)11-8-19-9-12-23-20(15-19)16-26(35)33(23)4/h5-7,9-10,12-15,18,29H,16H2,1-4H3,(H,31,32,36). The maximum absolute atomic E-state index is 12.4. The molecule has 1 unspecified atom stereocenters. The van der Waals surface area contributed by atoms with Crippen molar-refractivity contribution in [1.29, 1.82) is 0 Å². The Kier molecular flexibility index (Phi) is 6.00. The number of nitrogens with one attached hydrogen (secondary N) is 2. The molecule has 0 aliphatic carbocycles. The molecule has 0 bridgehead atoms. The molecule has 1 aliphatic rings. The number of likely N-dealkylation sites (N-methyl/N-ethyl adjacent to an activating group) is 2. The number of benzene rings is 1. The van der Waals surface area contributed by atoms with E-state index in [-0.39, 0.29) is 17.9 Å². The third-order valence-electron chi connectivity index (χ3n) is 6.41. The summed E-state index contributed by atoms with van der Waals surface area (Å²) in [6, 6.07) is 14.9. The molecule has 0 spiro atoms.